The Morgan fingerprint density at radius 3 is 2.95 bits per heavy atom. The minimum absolute atomic E-state index is 0.0107. The van der Waals surface area contributed by atoms with E-state index in [9.17, 15) is 4.79 Å². The number of anilines is 1. The highest BCUT2D eigenvalue weighted by molar-refractivity contribution is 5.39. The summed E-state index contributed by atoms with van der Waals surface area (Å²) in [6, 6.07) is 0.571. The van der Waals surface area contributed by atoms with Gasteiger partial charge in [-0.1, -0.05) is 6.92 Å². The maximum Gasteiger partial charge on any atom is 0.293 e. The van der Waals surface area contributed by atoms with Gasteiger partial charge in [-0.3, -0.25) is 4.79 Å². The van der Waals surface area contributed by atoms with Crippen molar-refractivity contribution in [3.8, 4) is 0 Å². The number of piperidine rings is 1. The summed E-state index contributed by atoms with van der Waals surface area (Å²) < 4.78 is 1.75. The Morgan fingerprint density at radius 2 is 2.26 bits per heavy atom. The maximum absolute atomic E-state index is 12.5. The molecule has 0 aliphatic carbocycles. The van der Waals surface area contributed by atoms with Crippen molar-refractivity contribution >= 4 is 5.82 Å². The molecule has 2 rings (SSSR count). The normalized spacial score (nSPS) is 23.6. The Bertz CT molecular complexity index is 471. The summed E-state index contributed by atoms with van der Waals surface area (Å²) in [4.78, 5) is 19.0. The molecule has 1 aromatic heterocycles. The standard InChI is InChI=1S/C14H24N4O/c1-3-8-17-9-7-16-13(14(17)19)18-11(2)5-4-6-12(18)10-15/h7,9,11-12H,3-6,8,10,15H2,1-2H3. The van der Waals surface area contributed by atoms with Crippen molar-refractivity contribution in [2.24, 2.45) is 5.73 Å². The van der Waals surface area contributed by atoms with Crippen LogP contribution in [-0.2, 0) is 6.54 Å². The van der Waals surface area contributed by atoms with Crippen LogP contribution in [0.2, 0.25) is 0 Å². The number of nitrogens with zero attached hydrogens (tertiary/aromatic N) is 3. The van der Waals surface area contributed by atoms with Crippen molar-refractivity contribution in [3.05, 3.63) is 22.7 Å². The Morgan fingerprint density at radius 1 is 1.47 bits per heavy atom. The van der Waals surface area contributed by atoms with E-state index in [0.717, 1.165) is 25.8 Å². The fourth-order valence-electron chi connectivity index (χ4n) is 2.93. The van der Waals surface area contributed by atoms with Gasteiger partial charge in [0.15, 0.2) is 5.82 Å². The minimum atomic E-state index is 0.0107. The molecular formula is C14H24N4O. The van der Waals surface area contributed by atoms with E-state index in [1.165, 1.54) is 6.42 Å². The van der Waals surface area contributed by atoms with Crippen LogP contribution in [0, 0.1) is 0 Å². The van der Waals surface area contributed by atoms with Gasteiger partial charge in [0.05, 0.1) is 0 Å². The summed E-state index contributed by atoms with van der Waals surface area (Å²) in [5.74, 6) is 0.568. The smallest absolute Gasteiger partial charge is 0.293 e. The summed E-state index contributed by atoms with van der Waals surface area (Å²) in [7, 11) is 0. The van der Waals surface area contributed by atoms with Crippen LogP contribution in [0.25, 0.3) is 0 Å². The number of hydrogen-bond acceptors (Lipinski definition) is 4. The van der Waals surface area contributed by atoms with E-state index in [0.29, 0.717) is 18.4 Å². The molecule has 5 heteroatoms. The van der Waals surface area contributed by atoms with Gasteiger partial charge in [0.25, 0.3) is 5.56 Å². The maximum atomic E-state index is 12.5. The fourth-order valence-corrected chi connectivity index (χ4v) is 2.93. The lowest BCUT2D eigenvalue weighted by molar-refractivity contribution is 0.395. The largest absolute Gasteiger partial charge is 0.345 e. The molecule has 1 aliphatic rings. The lowest BCUT2D eigenvalue weighted by Crippen LogP contribution is -2.51. The van der Waals surface area contributed by atoms with E-state index in [1.54, 1.807) is 17.0 Å². The second kappa shape index (κ2) is 6.19. The molecular weight excluding hydrogens is 240 g/mol. The van der Waals surface area contributed by atoms with Crippen LogP contribution in [0.15, 0.2) is 17.2 Å². The van der Waals surface area contributed by atoms with Gasteiger partial charge >= 0.3 is 0 Å². The summed E-state index contributed by atoms with van der Waals surface area (Å²) in [6.07, 6.45) is 7.75. The zero-order valence-electron chi connectivity index (χ0n) is 11.9. The van der Waals surface area contributed by atoms with Crippen LogP contribution >= 0.6 is 0 Å². The van der Waals surface area contributed by atoms with Crippen LogP contribution in [0.4, 0.5) is 5.82 Å². The highest BCUT2D eigenvalue weighted by Crippen LogP contribution is 2.25. The van der Waals surface area contributed by atoms with Crippen LogP contribution < -0.4 is 16.2 Å². The van der Waals surface area contributed by atoms with Crippen LogP contribution in [0.1, 0.15) is 39.5 Å². The lowest BCUT2D eigenvalue weighted by atomic mass is 9.96. The van der Waals surface area contributed by atoms with Gasteiger partial charge in [0, 0.05) is 37.6 Å². The van der Waals surface area contributed by atoms with Gasteiger partial charge in [-0.05, 0) is 32.6 Å². The zero-order valence-corrected chi connectivity index (χ0v) is 11.9. The third-order valence-electron chi connectivity index (χ3n) is 3.90. The van der Waals surface area contributed by atoms with Gasteiger partial charge < -0.3 is 15.2 Å². The molecule has 0 radical (unpaired) electrons. The predicted molar refractivity (Wildman–Crippen MR) is 77.4 cm³/mol. The van der Waals surface area contributed by atoms with Gasteiger partial charge in [-0.2, -0.15) is 0 Å². The average molecular weight is 264 g/mol. The highest BCUT2D eigenvalue weighted by Gasteiger charge is 2.29. The number of nitrogens with two attached hydrogens (primary N) is 1. The van der Waals surface area contributed by atoms with Crippen molar-refractivity contribution in [1.29, 1.82) is 0 Å². The molecule has 1 aromatic rings. The van der Waals surface area contributed by atoms with Crippen LogP contribution in [-0.4, -0.2) is 28.2 Å². The summed E-state index contributed by atoms with van der Waals surface area (Å²) >= 11 is 0. The molecule has 1 fully saturated rings. The quantitative estimate of drug-likeness (QED) is 0.892. The molecule has 2 unspecified atom stereocenters. The van der Waals surface area contributed by atoms with Gasteiger partial charge in [-0.25, -0.2) is 4.98 Å². The van der Waals surface area contributed by atoms with Crippen molar-refractivity contribution in [2.75, 3.05) is 11.4 Å². The van der Waals surface area contributed by atoms with Crippen LogP contribution in [0.3, 0.4) is 0 Å². The molecule has 19 heavy (non-hydrogen) atoms. The molecule has 1 saturated heterocycles. The number of rotatable bonds is 4. The summed E-state index contributed by atoms with van der Waals surface area (Å²) in [5.41, 5.74) is 5.87. The number of hydrogen-bond donors (Lipinski definition) is 1. The number of aromatic nitrogens is 2. The molecule has 0 saturated carbocycles. The van der Waals surface area contributed by atoms with Crippen molar-refractivity contribution in [3.63, 3.8) is 0 Å². The molecule has 106 valence electrons. The monoisotopic (exact) mass is 264 g/mol. The Hall–Kier alpha value is -1.36. The zero-order chi connectivity index (χ0) is 13.8. The van der Waals surface area contributed by atoms with Crippen molar-refractivity contribution in [2.45, 2.75) is 58.2 Å². The van der Waals surface area contributed by atoms with Gasteiger partial charge in [0.1, 0.15) is 0 Å². The second-order valence-corrected chi connectivity index (χ2v) is 5.33. The van der Waals surface area contributed by atoms with Gasteiger partial charge in [-0.15, -0.1) is 0 Å². The topological polar surface area (TPSA) is 64.2 Å². The fraction of sp³-hybridized carbons (Fsp3) is 0.714. The molecule has 2 atom stereocenters. The molecule has 0 bridgehead atoms. The van der Waals surface area contributed by atoms with Crippen molar-refractivity contribution in [1.82, 2.24) is 9.55 Å². The van der Waals surface area contributed by atoms with Crippen LogP contribution in [0.5, 0.6) is 0 Å². The lowest BCUT2D eigenvalue weighted by Gasteiger charge is -2.40. The molecule has 2 N–H and O–H groups in total. The molecule has 0 spiro atoms. The Kier molecular flexibility index (Phi) is 4.58. The molecule has 2 heterocycles. The van der Waals surface area contributed by atoms with Gasteiger partial charge in [0.2, 0.25) is 0 Å². The Labute approximate surface area is 114 Å². The third-order valence-corrected chi connectivity index (χ3v) is 3.90. The van der Waals surface area contributed by atoms with E-state index in [-0.39, 0.29) is 11.6 Å². The SMILES string of the molecule is CCCn1ccnc(N2C(C)CCCC2CN)c1=O. The first kappa shape index (κ1) is 14.1. The summed E-state index contributed by atoms with van der Waals surface area (Å²) in [6.45, 7) is 5.54. The van der Waals surface area contributed by atoms with E-state index in [4.69, 9.17) is 5.73 Å². The molecule has 0 amide bonds. The first-order chi connectivity index (χ1) is 9.19. The third kappa shape index (κ3) is 2.81. The number of aryl methyl sites for hydroxylation is 1. The molecule has 0 aromatic carbocycles. The minimum Gasteiger partial charge on any atom is -0.345 e. The van der Waals surface area contributed by atoms with Crippen molar-refractivity contribution < 1.29 is 0 Å². The van der Waals surface area contributed by atoms with E-state index in [1.807, 2.05) is 0 Å². The first-order valence-electron chi connectivity index (χ1n) is 7.22. The molecule has 1 aliphatic heterocycles. The Balaban J connectivity index is 2.38. The van der Waals surface area contributed by atoms with E-state index in [2.05, 4.69) is 23.7 Å². The predicted octanol–water partition coefficient (Wildman–Crippen LogP) is 1.36. The summed E-state index contributed by atoms with van der Waals surface area (Å²) in [5, 5.41) is 0. The highest BCUT2D eigenvalue weighted by atomic mass is 16.1. The first-order valence-corrected chi connectivity index (χ1v) is 7.22. The van der Waals surface area contributed by atoms with E-state index >= 15 is 0 Å². The second-order valence-electron chi connectivity index (χ2n) is 5.33. The molecule has 5 nitrogen and oxygen atoms in total. The average Bonchev–Trinajstić information content (AvgIpc) is 2.41. The van der Waals surface area contributed by atoms with E-state index < -0.39 is 0 Å².